The van der Waals surface area contributed by atoms with Crippen molar-refractivity contribution in [3.63, 3.8) is 0 Å². The molecule has 0 saturated carbocycles. The number of piperidine rings is 1. The van der Waals surface area contributed by atoms with Gasteiger partial charge >= 0.3 is 6.03 Å². The number of nitrogens with zero attached hydrogens (tertiary/aromatic N) is 2. The number of anilines is 2. The topological polar surface area (TPSA) is 73.9 Å². The smallest absolute Gasteiger partial charge is 0.319 e. The summed E-state index contributed by atoms with van der Waals surface area (Å²) in [5, 5.41) is 5.94. The van der Waals surface area contributed by atoms with Crippen LogP contribution in [0.1, 0.15) is 39.5 Å². The van der Waals surface area contributed by atoms with E-state index >= 15 is 0 Å². The number of urea groups is 1. The van der Waals surface area contributed by atoms with E-state index in [1.54, 1.807) is 24.1 Å². The number of benzene rings is 1. The monoisotopic (exact) mass is 374 g/mol. The summed E-state index contributed by atoms with van der Waals surface area (Å²) in [6.45, 7) is 6.90. The molecule has 2 aliphatic heterocycles. The van der Waals surface area contributed by atoms with E-state index in [0.717, 1.165) is 32.4 Å². The molecule has 3 rings (SSSR count). The van der Waals surface area contributed by atoms with E-state index in [1.807, 2.05) is 6.07 Å². The molecule has 2 aliphatic rings. The van der Waals surface area contributed by atoms with Gasteiger partial charge in [0.05, 0.1) is 12.8 Å². The maximum atomic E-state index is 12.4. The lowest BCUT2D eigenvalue weighted by Crippen LogP contribution is -2.40. The molecule has 0 aromatic heterocycles. The molecule has 0 aliphatic carbocycles. The Morgan fingerprint density at radius 1 is 1.26 bits per heavy atom. The van der Waals surface area contributed by atoms with Gasteiger partial charge in [-0.05, 0) is 51.3 Å². The molecule has 7 nitrogen and oxygen atoms in total. The molecular weight excluding hydrogens is 344 g/mol. The van der Waals surface area contributed by atoms with E-state index in [4.69, 9.17) is 4.74 Å². The SMILES string of the molecule is COc1ccc(NC(=O)NC2CCN(C(C)C)C2)cc1N1CCCCC1=O. The highest BCUT2D eigenvalue weighted by atomic mass is 16.5. The molecule has 2 saturated heterocycles. The van der Waals surface area contributed by atoms with Crippen LogP contribution in [0.5, 0.6) is 5.75 Å². The van der Waals surface area contributed by atoms with Crippen LogP contribution < -0.4 is 20.3 Å². The van der Waals surface area contributed by atoms with E-state index in [0.29, 0.717) is 36.1 Å². The Bertz CT molecular complexity index is 692. The first kappa shape index (κ1) is 19.5. The lowest BCUT2D eigenvalue weighted by Gasteiger charge is -2.28. The van der Waals surface area contributed by atoms with Gasteiger partial charge in [-0.25, -0.2) is 4.79 Å². The number of rotatable bonds is 5. The fourth-order valence-electron chi connectivity index (χ4n) is 3.77. The molecule has 1 aromatic rings. The molecule has 7 heteroatoms. The van der Waals surface area contributed by atoms with Crippen LogP contribution in [0, 0.1) is 0 Å². The van der Waals surface area contributed by atoms with Gasteiger partial charge in [-0.3, -0.25) is 9.69 Å². The maximum Gasteiger partial charge on any atom is 0.319 e. The van der Waals surface area contributed by atoms with Crippen LogP contribution in [-0.4, -0.2) is 55.7 Å². The van der Waals surface area contributed by atoms with Gasteiger partial charge in [-0.1, -0.05) is 0 Å². The number of carbonyl (C=O) groups excluding carboxylic acids is 2. The van der Waals surface area contributed by atoms with Gasteiger partial charge in [0.25, 0.3) is 0 Å². The van der Waals surface area contributed by atoms with Crippen LogP contribution in [0.3, 0.4) is 0 Å². The highest BCUT2D eigenvalue weighted by Gasteiger charge is 2.26. The van der Waals surface area contributed by atoms with Gasteiger partial charge in [0.2, 0.25) is 5.91 Å². The molecule has 3 amide bonds. The van der Waals surface area contributed by atoms with Crippen LogP contribution in [0.4, 0.5) is 16.2 Å². The number of ether oxygens (including phenoxy) is 1. The van der Waals surface area contributed by atoms with Crippen LogP contribution in [0.25, 0.3) is 0 Å². The third kappa shape index (κ3) is 4.71. The first-order valence-corrected chi connectivity index (χ1v) is 9.78. The van der Waals surface area contributed by atoms with E-state index in [-0.39, 0.29) is 18.0 Å². The fourth-order valence-corrected chi connectivity index (χ4v) is 3.77. The van der Waals surface area contributed by atoms with Crippen molar-refractivity contribution in [2.75, 3.05) is 37.0 Å². The molecular formula is C20H30N4O3. The standard InChI is InChI=1S/C20H30N4O3/c1-14(2)23-11-9-16(13-23)22-20(26)21-15-7-8-18(27-3)17(12-15)24-10-5-4-6-19(24)25/h7-8,12,14,16H,4-6,9-11,13H2,1-3H3,(H2,21,22,26). The highest BCUT2D eigenvalue weighted by Crippen LogP contribution is 2.33. The van der Waals surface area contributed by atoms with Crippen LogP contribution in [0.2, 0.25) is 0 Å². The molecule has 27 heavy (non-hydrogen) atoms. The Balaban J connectivity index is 1.65. The molecule has 1 atom stereocenters. The van der Waals surface area contributed by atoms with Crippen molar-refractivity contribution in [3.05, 3.63) is 18.2 Å². The second kappa shape index (κ2) is 8.61. The number of hydrogen-bond acceptors (Lipinski definition) is 4. The number of amides is 3. The average Bonchev–Trinajstić information content (AvgIpc) is 3.11. The normalized spacial score (nSPS) is 20.8. The largest absolute Gasteiger partial charge is 0.495 e. The minimum atomic E-state index is -0.216. The molecule has 1 aromatic carbocycles. The van der Waals surface area contributed by atoms with Gasteiger partial charge < -0.3 is 20.3 Å². The first-order valence-electron chi connectivity index (χ1n) is 9.78. The summed E-state index contributed by atoms with van der Waals surface area (Å²) in [5.74, 6) is 0.737. The van der Waals surface area contributed by atoms with Gasteiger partial charge in [0.15, 0.2) is 0 Å². The summed E-state index contributed by atoms with van der Waals surface area (Å²) in [7, 11) is 1.59. The Hall–Kier alpha value is -2.28. The number of carbonyl (C=O) groups is 2. The highest BCUT2D eigenvalue weighted by molar-refractivity contribution is 5.97. The third-order valence-electron chi connectivity index (χ3n) is 5.34. The zero-order chi connectivity index (χ0) is 19.4. The van der Waals surface area contributed by atoms with Crippen molar-refractivity contribution in [2.24, 2.45) is 0 Å². The Kier molecular flexibility index (Phi) is 6.21. The van der Waals surface area contributed by atoms with Crippen molar-refractivity contribution in [2.45, 2.75) is 51.6 Å². The second-order valence-corrected chi connectivity index (χ2v) is 7.56. The number of nitrogens with one attached hydrogen (secondary N) is 2. The predicted octanol–water partition coefficient (Wildman–Crippen LogP) is 2.82. The lowest BCUT2D eigenvalue weighted by atomic mass is 10.1. The minimum absolute atomic E-state index is 0.0980. The molecule has 0 radical (unpaired) electrons. The van der Waals surface area contributed by atoms with Crippen molar-refractivity contribution in [3.8, 4) is 5.75 Å². The van der Waals surface area contributed by atoms with Gasteiger partial charge in [0, 0.05) is 43.8 Å². The number of methoxy groups -OCH3 is 1. The zero-order valence-electron chi connectivity index (χ0n) is 16.5. The quantitative estimate of drug-likeness (QED) is 0.831. The Morgan fingerprint density at radius 2 is 2.07 bits per heavy atom. The summed E-state index contributed by atoms with van der Waals surface area (Å²) in [5.41, 5.74) is 1.37. The van der Waals surface area contributed by atoms with E-state index in [1.165, 1.54) is 0 Å². The van der Waals surface area contributed by atoms with Crippen LogP contribution >= 0.6 is 0 Å². The lowest BCUT2D eigenvalue weighted by molar-refractivity contribution is -0.119. The summed E-state index contributed by atoms with van der Waals surface area (Å²) < 4.78 is 5.42. The third-order valence-corrected chi connectivity index (χ3v) is 5.34. The Morgan fingerprint density at radius 3 is 2.74 bits per heavy atom. The molecule has 2 heterocycles. The van der Waals surface area contributed by atoms with Gasteiger partial charge in [-0.15, -0.1) is 0 Å². The van der Waals surface area contributed by atoms with Gasteiger partial charge in [-0.2, -0.15) is 0 Å². The molecule has 2 N–H and O–H groups in total. The van der Waals surface area contributed by atoms with E-state index in [9.17, 15) is 9.59 Å². The molecule has 0 spiro atoms. The maximum absolute atomic E-state index is 12.4. The van der Waals surface area contributed by atoms with E-state index < -0.39 is 0 Å². The first-order chi connectivity index (χ1) is 13.0. The van der Waals surface area contributed by atoms with Crippen LogP contribution in [-0.2, 0) is 4.79 Å². The van der Waals surface area contributed by atoms with Crippen molar-refractivity contribution < 1.29 is 14.3 Å². The number of likely N-dealkylation sites (tertiary alicyclic amines) is 1. The minimum Gasteiger partial charge on any atom is -0.495 e. The van der Waals surface area contributed by atoms with Crippen molar-refractivity contribution in [1.29, 1.82) is 0 Å². The summed E-state index contributed by atoms with van der Waals surface area (Å²) in [6, 6.07) is 5.84. The van der Waals surface area contributed by atoms with Crippen molar-refractivity contribution >= 4 is 23.3 Å². The predicted molar refractivity (Wildman–Crippen MR) is 106 cm³/mol. The van der Waals surface area contributed by atoms with Gasteiger partial charge in [0.1, 0.15) is 5.75 Å². The molecule has 0 bridgehead atoms. The summed E-state index contributed by atoms with van der Waals surface area (Å²) >= 11 is 0. The second-order valence-electron chi connectivity index (χ2n) is 7.56. The Labute approximate surface area is 161 Å². The average molecular weight is 374 g/mol. The summed E-state index contributed by atoms with van der Waals surface area (Å²) in [4.78, 5) is 28.8. The molecule has 1 unspecified atom stereocenters. The summed E-state index contributed by atoms with van der Waals surface area (Å²) in [6.07, 6.45) is 3.41. The van der Waals surface area contributed by atoms with E-state index in [2.05, 4.69) is 29.4 Å². The number of hydrogen-bond donors (Lipinski definition) is 2. The van der Waals surface area contributed by atoms with Crippen LogP contribution in [0.15, 0.2) is 18.2 Å². The molecule has 2 fully saturated rings. The fraction of sp³-hybridized carbons (Fsp3) is 0.600. The zero-order valence-corrected chi connectivity index (χ0v) is 16.5. The van der Waals surface area contributed by atoms with Crippen molar-refractivity contribution in [1.82, 2.24) is 10.2 Å². The molecule has 148 valence electrons.